The maximum atomic E-state index is 11.0. The van der Waals surface area contributed by atoms with Crippen LogP contribution >= 0.6 is 27.5 Å². The Morgan fingerprint density at radius 2 is 2.25 bits per heavy atom. The van der Waals surface area contributed by atoms with E-state index in [9.17, 15) is 4.79 Å². The molecule has 0 spiro atoms. The van der Waals surface area contributed by atoms with Gasteiger partial charge in [-0.15, -0.1) is 0 Å². The molecule has 0 fully saturated rings. The van der Waals surface area contributed by atoms with Crippen molar-refractivity contribution in [2.24, 2.45) is 0 Å². The van der Waals surface area contributed by atoms with Gasteiger partial charge in [0.05, 0.1) is 17.1 Å². The molecule has 2 nitrogen and oxygen atoms in total. The van der Waals surface area contributed by atoms with E-state index in [0.29, 0.717) is 11.4 Å². The number of hydrogen-bond acceptors (Lipinski definition) is 1. The first-order valence-corrected chi connectivity index (χ1v) is 4.61. The van der Waals surface area contributed by atoms with E-state index in [0.717, 1.165) is 15.7 Å². The molecule has 0 aromatic heterocycles. The second kappa shape index (κ2) is 2.75. The molecule has 2 rings (SSSR count). The van der Waals surface area contributed by atoms with Crippen LogP contribution in [0.1, 0.15) is 5.56 Å². The van der Waals surface area contributed by atoms with Gasteiger partial charge in [-0.25, -0.2) is 0 Å². The van der Waals surface area contributed by atoms with Gasteiger partial charge in [-0.05, 0) is 17.7 Å². The summed E-state index contributed by atoms with van der Waals surface area (Å²) in [4.78, 5) is 11.0. The lowest BCUT2D eigenvalue weighted by molar-refractivity contribution is -0.115. The number of halogens is 2. The summed E-state index contributed by atoms with van der Waals surface area (Å²) in [6, 6.07) is 3.67. The van der Waals surface area contributed by atoms with Crippen LogP contribution < -0.4 is 5.32 Å². The third-order valence-electron chi connectivity index (χ3n) is 1.75. The van der Waals surface area contributed by atoms with Crippen LogP contribution in [0.5, 0.6) is 0 Å². The molecule has 0 unspecified atom stereocenters. The number of hydrogen-bond donors (Lipinski definition) is 1. The maximum Gasteiger partial charge on any atom is 0.228 e. The number of fused-ring (bicyclic) bond motifs is 1. The van der Waals surface area contributed by atoms with E-state index in [1.807, 2.05) is 6.07 Å². The summed E-state index contributed by atoms with van der Waals surface area (Å²) in [5.41, 5.74) is 1.71. The smallest absolute Gasteiger partial charge is 0.228 e. The summed E-state index contributed by atoms with van der Waals surface area (Å²) in [5, 5.41) is 3.29. The van der Waals surface area contributed by atoms with E-state index in [1.165, 1.54) is 0 Å². The summed E-state index contributed by atoms with van der Waals surface area (Å²) < 4.78 is 0.905. The molecular formula is C8H5BrClNO. The van der Waals surface area contributed by atoms with Crippen molar-refractivity contribution < 1.29 is 4.79 Å². The Morgan fingerprint density at radius 3 is 3.00 bits per heavy atom. The van der Waals surface area contributed by atoms with Crippen molar-refractivity contribution in [1.82, 2.24) is 0 Å². The number of anilines is 1. The highest BCUT2D eigenvalue weighted by Crippen LogP contribution is 2.33. The van der Waals surface area contributed by atoms with Gasteiger partial charge in [-0.3, -0.25) is 4.79 Å². The zero-order chi connectivity index (χ0) is 8.72. The lowest BCUT2D eigenvalue weighted by Crippen LogP contribution is -2.03. The molecule has 0 atom stereocenters. The van der Waals surface area contributed by atoms with E-state index in [1.54, 1.807) is 6.07 Å². The van der Waals surface area contributed by atoms with Gasteiger partial charge in [0, 0.05) is 4.47 Å². The Kier molecular flexibility index (Phi) is 1.85. The third kappa shape index (κ3) is 1.23. The first kappa shape index (κ1) is 8.08. The molecule has 0 saturated heterocycles. The quantitative estimate of drug-likeness (QED) is 0.749. The van der Waals surface area contributed by atoms with Crippen molar-refractivity contribution in [3.05, 3.63) is 27.2 Å². The summed E-state index contributed by atoms with van der Waals surface area (Å²) in [6.45, 7) is 0. The molecule has 1 aliphatic rings. The first-order valence-electron chi connectivity index (χ1n) is 3.44. The highest BCUT2D eigenvalue weighted by molar-refractivity contribution is 9.10. The predicted octanol–water partition coefficient (Wildman–Crippen LogP) is 2.60. The fourth-order valence-electron chi connectivity index (χ4n) is 1.26. The molecular weight excluding hydrogens is 241 g/mol. The van der Waals surface area contributed by atoms with Gasteiger partial charge >= 0.3 is 0 Å². The van der Waals surface area contributed by atoms with Crippen molar-refractivity contribution in [2.45, 2.75) is 6.42 Å². The number of nitrogens with one attached hydrogen (secondary N) is 1. The van der Waals surface area contributed by atoms with Crippen LogP contribution in [0.4, 0.5) is 5.69 Å². The van der Waals surface area contributed by atoms with Crippen LogP contribution in [-0.4, -0.2) is 5.91 Å². The van der Waals surface area contributed by atoms with Gasteiger partial charge in [-0.2, -0.15) is 0 Å². The number of carbonyl (C=O) groups is 1. The van der Waals surface area contributed by atoms with Gasteiger partial charge in [-0.1, -0.05) is 27.5 Å². The van der Waals surface area contributed by atoms with Gasteiger partial charge < -0.3 is 5.32 Å². The minimum atomic E-state index is 0.00463. The van der Waals surface area contributed by atoms with E-state index >= 15 is 0 Å². The zero-order valence-electron chi connectivity index (χ0n) is 6.03. The molecule has 1 aromatic carbocycles. The first-order chi connectivity index (χ1) is 5.66. The number of amides is 1. The minimum Gasteiger partial charge on any atom is -0.324 e. The molecule has 1 aromatic rings. The number of benzene rings is 1. The second-order valence-electron chi connectivity index (χ2n) is 2.65. The zero-order valence-corrected chi connectivity index (χ0v) is 8.37. The minimum absolute atomic E-state index is 0.00463. The molecule has 0 aliphatic carbocycles. The average molecular weight is 246 g/mol. The SMILES string of the molecule is O=C1Cc2cc(Br)cc(Cl)c2N1. The lowest BCUT2D eigenvalue weighted by Gasteiger charge is -2.01. The predicted molar refractivity (Wildman–Crippen MR) is 51.5 cm³/mol. The van der Waals surface area contributed by atoms with Crippen LogP contribution in [0.15, 0.2) is 16.6 Å². The topological polar surface area (TPSA) is 29.1 Å². The molecule has 0 saturated carbocycles. The third-order valence-corrected chi connectivity index (χ3v) is 2.51. The summed E-state index contributed by atoms with van der Waals surface area (Å²) in [6.07, 6.45) is 0.425. The molecule has 0 radical (unpaired) electrons. The van der Waals surface area contributed by atoms with Crippen LogP contribution in [0.2, 0.25) is 5.02 Å². The van der Waals surface area contributed by atoms with E-state index < -0.39 is 0 Å². The van der Waals surface area contributed by atoms with Crippen molar-refractivity contribution in [3.63, 3.8) is 0 Å². The van der Waals surface area contributed by atoms with Crippen LogP contribution in [0.3, 0.4) is 0 Å². The van der Waals surface area contributed by atoms with Gasteiger partial charge in [0.25, 0.3) is 0 Å². The standard InChI is InChI=1S/C8H5BrClNO/c9-5-1-4-2-7(12)11-8(4)6(10)3-5/h1,3H,2H2,(H,11,12). The maximum absolute atomic E-state index is 11.0. The molecule has 1 amide bonds. The van der Waals surface area contributed by atoms with Crippen LogP contribution in [0.25, 0.3) is 0 Å². The monoisotopic (exact) mass is 245 g/mol. The Hall–Kier alpha value is -0.540. The highest BCUT2D eigenvalue weighted by atomic mass is 79.9. The Bertz CT molecular complexity index is 364. The molecule has 1 heterocycles. The summed E-state index contributed by atoms with van der Waals surface area (Å²) in [5.74, 6) is 0.00463. The molecule has 1 N–H and O–H groups in total. The Morgan fingerprint density at radius 1 is 1.50 bits per heavy atom. The lowest BCUT2D eigenvalue weighted by atomic mass is 10.2. The Labute approximate surface area is 83.0 Å². The largest absolute Gasteiger partial charge is 0.324 e. The summed E-state index contributed by atoms with van der Waals surface area (Å²) in [7, 11) is 0. The fraction of sp³-hybridized carbons (Fsp3) is 0.125. The van der Waals surface area contributed by atoms with E-state index in [2.05, 4.69) is 21.2 Å². The van der Waals surface area contributed by atoms with Crippen molar-refractivity contribution in [2.75, 3.05) is 5.32 Å². The van der Waals surface area contributed by atoms with Crippen LogP contribution in [-0.2, 0) is 11.2 Å². The molecule has 4 heteroatoms. The molecule has 1 aliphatic heterocycles. The highest BCUT2D eigenvalue weighted by Gasteiger charge is 2.20. The molecule has 12 heavy (non-hydrogen) atoms. The number of rotatable bonds is 0. The van der Waals surface area contributed by atoms with Crippen molar-refractivity contribution in [3.8, 4) is 0 Å². The van der Waals surface area contributed by atoms with E-state index in [-0.39, 0.29) is 5.91 Å². The van der Waals surface area contributed by atoms with E-state index in [4.69, 9.17) is 11.6 Å². The number of carbonyl (C=O) groups excluding carboxylic acids is 1. The van der Waals surface area contributed by atoms with Gasteiger partial charge in [0.2, 0.25) is 5.91 Å². The Balaban J connectivity index is 2.59. The van der Waals surface area contributed by atoms with Crippen molar-refractivity contribution in [1.29, 1.82) is 0 Å². The normalized spacial score (nSPS) is 14.3. The second-order valence-corrected chi connectivity index (χ2v) is 3.97. The molecule has 0 bridgehead atoms. The van der Waals surface area contributed by atoms with Gasteiger partial charge in [0.1, 0.15) is 0 Å². The molecule has 62 valence electrons. The van der Waals surface area contributed by atoms with Gasteiger partial charge in [0.15, 0.2) is 0 Å². The van der Waals surface area contributed by atoms with Crippen LogP contribution in [0, 0.1) is 0 Å². The fourth-order valence-corrected chi connectivity index (χ4v) is 2.19. The van der Waals surface area contributed by atoms with Crippen molar-refractivity contribution >= 4 is 39.1 Å². The summed E-state index contributed by atoms with van der Waals surface area (Å²) >= 11 is 9.21. The average Bonchev–Trinajstić information content (AvgIpc) is 2.29.